The molecule has 0 spiro atoms. The average Bonchev–Trinajstić information content (AvgIpc) is 3.13. The molecule has 6 N–H and O–H groups in total. The van der Waals surface area contributed by atoms with Crippen molar-refractivity contribution in [2.24, 2.45) is 0 Å². The summed E-state index contributed by atoms with van der Waals surface area (Å²) in [5.74, 6) is 0.206. The number of benzene rings is 3. The molecule has 2 aliphatic rings. The first-order valence-electron chi connectivity index (χ1n) is 19.7. The van der Waals surface area contributed by atoms with Gasteiger partial charge in [-0.25, -0.2) is 0 Å². The molecule has 0 amide bonds. The van der Waals surface area contributed by atoms with Crippen LogP contribution in [0, 0.1) is 6.92 Å². The lowest BCUT2D eigenvalue weighted by atomic mass is 9.84. The summed E-state index contributed by atoms with van der Waals surface area (Å²) < 4.78 is 0. The van der Waals surface area contributed by atoms with Crippen molar-refractivity contribution >= 4 is 0 Å². The second-order valence-corrected chi connectivity index (χ2v) is 14.3. The number of rotatable bonds is 7. The summed E-state index contributed by atoms with van der Waals surface area (Å²) in [4.78, 5) is 5.24. The fourth-order valence-electron chi connectivity index (χ4n) is 7.13. The molecular weight excluding hydrogens is 617 g/mol. The Bertz CT molecular complexity index is 1190. The van der Waals surface area contributed by atoms with Crippen molar-refractivity contribution in [1.29, 1.82) is 0 Å². The number of hydrogen-bond donors (Lipinski definition) is 6. The SMILES string of the molecule is Cc1ccc(C(c2ccc(CN3CCCNCCNCCCNCC3)cc2)c2ccc(CN3CCCNCCNCCCNCC3)cc2)cc1. The molecule has 5 rings (SSSR count). The fraction of sp³-hybridized carbons (Fsp3) is 0.571. The summed E-state index contributed by atoms with van der Waals surface area (Å²) in [7, 11) is 0. The highest BCUT2D eigenvalue weighted by Crippen LogP contribution is 2.33. The van der Waals surface area contributed by atoms with E-state index in [1.54, 1.807) is 0 Å². The van der Waals surface area contributed by atoms with Crippen molar-refractivity contribution in [2.45, 2.75) is 51.6 Å². The topological polar surface area (TPSA) is 78.7 Å². The van der Waals surface area contributed by atoms with Crippen LogP contribution in [-0.2, 0) is 13.1 Å². The van der Waals surface area contributed by atoms with Gasteiger partial charge in [0.05, 0.1) is 0 Å². The Labute approximate surface area is 303 Å². The van der Waals surface area contributed by atoms with Gasteiger partial charge in [0.1, 0.15) is 0 Å². The van der Waals surface area contributed by atoms with Crippen molar-refractivity contribution in [1.82, 2.24) is 41.7 Å². The summed E-state index contributed by atoms with van der Waals surface area (Å²) in [5, 5.41) is 21.6. The first kappa shape index (κ1) is 38.6. The van der Waals surface area contributed by atoms with Crippen LogP contribution < -0.4 is 31.9 Å². The van der Waals surface area contributed by atoms with Gasteiger partial charge in [0.25, 0.3) is 0 Å². The molecule has 3 aromatic carbocycles. The van der Waals surface area contributed by atoms with Crippen LogP contribution in [-0.4, -0.2) is 115 Å². The molecule has 0 bridgehead atoms. The van der Waals surface area contributed by atoms with Gasteiger partial charge < -0.3 is 31.9 Å². The lowest BCUT2D eigenvalue weighted by Gasteiger charge is -2.25. The molecule has 0 atom stereocenters. The van der Waals surface area contributed by atoms with Crippen LogP contribution in [0.3, 0.4) is 0 Å². The first-order chi connectivity index (χ1) is 24.7. The average molecular weight is 683 g/mol. The maximum Gasteiger partial charge on any atom is 0.0339 e. The highest BCUT2D eigenvalue weighted by atomic mass is 15.1. The van der Waals surface area contributed by atoms with Crippen molar-refractivity contribution in [3.63, 3.8) is 0 Å². The third-order valence-corrected chi connectivity index (χ3v) is 10.1. The van der Waals surface area contributed by atoms with Crippen molar-refractivity contribution in [2.75, 3.05) is 105 Å². The van der Waals surface area contributed by atoms with Crippen LogP contribution in [0.2, 0.25) is 0 Å². The third kappa shape index (κ3) is 14.2. The summed E-state index contributed by atoms with van der Waals surface area (Å²) in [6.45, 7) is 21.3. The van der Waals surface area contributed by atoms with Gasteiger partial charge in [-0.15, -0.1) is 0 Å². The number of nitrogens with one attached hydrogen (secondary N) is 6. The summed E-state index contributed by atoms with van der Waals surface area (Å²) in [6.07, 6.45) is 4.71. The van der Waals surface area contributed by atoms with E-state index >= 15 is 0 Å². The molecule has 0 unspecified atom stereocenters. The minimum Gasteiger partial charge on any atom is -0.315 e. The van der Waals surface area contributed by atoms with Crippen LogP contribution in [0.1, 0.15) is 65.0 Å². The van der Waals surface area contributed by atoms with Gasteiger partial charge in [-0.05, 0) is 113 Å². The molecule has 2 aliphatic heterocycles. The van der Waals surface area contributed by atoms with Gasteiger partial charge in [-0.1, -0.05) is 78.4 Å². The molecular formula is C42H66N8. The molecule has 2 fully saturated rings. The van der Waals surface area contributed by atoms with E-state index in [2.05, 4.69) is 121 Å². The molecule has 8 heteroatoms. The number of hydrogen-bond acceptors (Lipinski definition) is 8. The quantitative estimate of drug-likeness (QED) is 0.210. The van der Waals surface area contributed by atoms with Gasteiger partial charge in [0.2, 0.25) is 0 Å². The molecule has 0 aromatic heterocycles. The van der Waals surface area contributed by atoms with Crippen LogP contribution >= 0.6 is 0 Å². The summed E-state index contributed by atoms with van der Waals surface area (Å²) in [6, 6.07) is 28.1. The molecule has 2 heterocycles. The molecule has 8 nitrogen and oxygen atoms in total. The van der Waals surface area contributed by atoms with E-state index in [1.165, 1.54) is 59.1 Å². The molecule has 274 valence electrons. The Hall–Kier alpha value is -2.66. The second-order valence-electron chi connectivity index (χ2n) is 14.3. The predicted octanol–water partition coefficient (Wildman–Crippen LogP) is 3.90. The second kappa shape index (κ2) is 23.0. The molecule has 0 aliphatic carbocycles. The minimum atomic E-state index is 0.206. The largest absolute Gasteiger partial charge is 0.315 e. The zero-order chi connectivity index (χ0) is 34.5. The fourth-order valence-corrected chi connectivity index (χ4v) is 7.13. The minimum absolute atomic E-state index is 0.206. The van der Waals surface area contributed by atoms with Gasteiger partial charge in [0.15, 0.2) is 0 Å². The third-order valence-electron chi connectivity index (χ3n) is 10.1. The van der Waals surface area contributed by atoms with Crippen molar-refractivity contribution in [3.8, 4) is 0 Å². The standard InChI is InChI=1S/C42H66N8/c1-36-6-12-39(13-7-36)42(40-14-8-37(9-15-40)34-49-30-4-22-45-26-24-43-18-2-20-47-28-32-49)41-16-10-38(11-17-41)35-50-31-5-23-46-27-25-44-19-3-21-48-29-33-50/h6-17,42-48H,2-5,18-35H2,1H3. The van der Waals surface area contributed by atoms with E-state index in [9.17, 15) is 0 Å². The first-order valence-corrected chi connectivity index (χ1v) is 19.7. The van der Waals surface area contributed by atoms with Crippen molar-refractivity contribution in [3.05, 3.63) is 106 Å². The van der Waals surface area contributed by atoms with Crippen LogP contribution in [0.25, 0.3) is 0 Å². The lowest BCUT2D eigenvalue weighted by Crippen LogP contribution is -2.36. The molecule has 0 radical (unpaired) electrons. The normalized spacial score (nSPS) is 19.8. The van der Waals surface area contributed by atoms with Gasteiger partial charge in [-0.2, -0.15) is 0 Å². The lowest BCUT2D eigenvalue weighted by molar-refractivity contribution is 0.260. The van der Waals surface area contributed by atoms with Crippen LogP contribution in [0.4, 0.5) is 0 Å². The molecule has 0 saturated carbocycles. The maximum absolute atomic E-state index is 3.66. The summed E-state index contributed by atoms with van der Waals surface area (Å²) >= 11 is 0. The van der Waals surface area contributed by atoms with E-state index in [1.807, 2.05) is 0 Å². The highest BCUT2D eigenvalue weighted by Gasteiger charge is 2.18. The van der Waals surface area contributed by atoms with Crippen LogP contribution in [0.15, 0.2) is 72.8 Å². The van der Waals surface area contributed by atoms with Gasteiger partial charge in [-0.3, -0.25) is 9.80 Å². The molecule has 50 heavy (non-hydrogen) atoms. The van der Waals surface area contributed by atoms with E-state index in [4.69, 9.17) is 0 Å². The van der Waals surface area contributed by atoms with E-state index < -0.39 is 0 Å². The van der Waals surface area contributed by atoms with Gasteiger partial charge >= 0.3 is 0 Å². The zero-order valence-electron chi connectivity index (χ0n) is 31.0. The highest BCUT2D eigenvalue weighted by molar-refractivity contribution is 5.45. The smallest absolute Gasteiger partial charge is 0.0339 e. The predicted molar refractivity (Wildman–Crippen MR) is 211 cm³/mol. The Morgan fingerprint density at radius 1 is 0.400 bits per heavy atom. The Kier molecular flexibility index (Phi) is 17.8. The maximum atomic E-state index is 3.66. The van der Waals surface area contributed by atoms with E-state index in [0.29, 0.717) is 0 Å². The monoisotopic (exact) mass is 683 g/mol. The van der Waals surface area contributed by atoms with E-state index in [0.717, 1.165) is 118 Å². The Balaban J connectivity index is 1.24. The summed E-state index contributed by atoms with van der Waals surface area (Å²) in [5.41, 5.74) is 8.15. The number of aryl methyl sites for hydroxylation is 1. The number of nitrogens with zero attached hydrogens (tertiary/aromatic N) is 2. The van der Waals surface area contributed by atoms with Crippen molar-refractivity contribution < 1.29 is 0 Å². The zero-order valence-corrected chi connectivity index (χ0v) is 31.0. The van der Waals surface area contributed by atoms with E-state index in [-0.39, 0.29) is 5.92 Å². The Morgan fingerprint density at radius 2 is 0.740 bits per heavy atom. The van der Waals surface area contributed by atoms with Crippen LogP contribution in [0.5, 0.6) is 0 Å². The Morgan fingerprint density at radius 3 is 1.14 bits per heavy atom. The van der Waals surface area contributed by atoms with Gasteiger partial charge in [0, 0.05) is 71.4 Å². The molecule has 2 saturated heterocycles. The molecule has 3 aromatic rings.